The molecule has 0 aromatic rings. The third kappa shape index (κ3) is 21.4. The van der Waals surface area contributed by atoms with Crippen LogP contribution in [-0.4, -0.2) is 9.79 Å². The summed E-state index contributed by atoms with van der Waals surface area (Å²) in [6, 6.07) is 0. The first-order valence-electron chi connectivity index (χ1n) is 4.04. The first-order valence-corrected chi connectivity index (χ1v) is 6.96. The average Bonchev–Trinajstić information content (AvgIpc) is 2.34. The van der Waals surface area contributed by atoms with Gasteiger partial charge in [0.2, 0.25) is 0 Å². The molecule has 0 aliphatic carbocycles. The minimum Gasteiger partial charge on any atom is -0.333 e. The van der Waals surface area contributed by atoms with Gasteiger partial charge in [-0.1, -0.05) is 12.2 Å². The molecule has 0 spiro atoms. The summed E-state index contributed by atoms with van der Waals surface area (Å²) in [5.74, 6) is 0. The summed E-state index contributed by atoms with van der Waals surface area (Å²) < 4.78 is 14.6. The van der Waals surface area contributed by atoms with Gasteiger partial charge < -0.3 is 9.44 Å². The highest BCUT2D eigenvalue weighted by molar-refractivity contribution is 8.00. The van der Waals surface area contributed by atoms with Gasteiger partial charge >= 0.3 is 8.25 Å². The van der Waals surface area contributed by atoms with Crippen LogP contribution >= 0.6 is 44.6 Å². The van der Waals surface area contributed by atoms with Gasteiger partial charge in [0, 0.05) is 17.0 Å². The predicted molar refractivity (Wildman–Crippen MR) is 77.3 cm³/mol. The molecule has 0 radical (unpaired) electrons. The SMILES string of the molecule is C1=CNSC=C1.C1=CNSC=C1.Cl.O=[P+](O)O. The number of rotatable bonds is 0. The standard InChI is InChI=1S/2C4H5NS.ClH.HO3P/c2*1-2-4-6-5-3-1;;1-4(2)3/h2*1-5H;1H;(H-,1,2,3)/p+1. The van der Waals surface area contributed by atoms with E-state index < -0.39 is 8.25 Å². The van der Waals surface area contributed by atoms with Crippen molar-refractivity contribution in [1.29, 1.82) is 0 Å². The van der Waals surface area contributed by atoms with Crippen LogP contribution in [0.2, 0.25) is 0 Å². The molecule has 0 unspecified atom stereocenters. The highest BCUT2D eigenvalue weighted by atomic mass is 35.5. The van der Waals surface area contributed by atoms with E-state index in [4.69, 9.17) is 14.4 Å². The van der Waals surface area contributed by atoms with E-state index in [9.17, 15) is 0 Å². The molecule has 96 valence electrons. The Morgan fingerprint density at radius 3 is 1.29 bits per heavy atom. The lowest BCUT2D eigenvalue weighted by atomic mass is 10.6. The minimum absolute atomic E-state index is 0. The van der Waals surface area contributed by atoms with Gasteiger partial charge in [0.25, 0.3) is 0 Å². The predicted octanol–water partition coefficient (Wildman–Crippen LogP) is 2.58. The summed E-state index contributed by atoms with van der Waals surface area (Å²) >= 11 is 3.16. The molecule has 2 rings (SSSR count). The van der Waals surface area contributed by atoms with Crippen molar-refractivity contribution in [3.63, 3.8) is 0 Å². The zero-order valence-electron chi connectivity index (χ0n) is 8.59. The second kappa shape index (κ2) is 15.6. The Balaban J connectivity index is 0. The van der Waals surface area contributed by atoms with Gasteiger partial charge in [-0.05, 0) is 46.9 Å². The summed E-state index contributed by atoms with van der Waals surface area (Å²) in [5, 5.41) is 3.97. The fraction of sp³-hybridized carbons (Fsp3) is 0. The maximum absolute atomic E-state index is 8.70. The number of allylic oxidation sites excluding steroid dienone is 4. The van der Waals surface area contributed by atoms with Gasteiger partial charge in [0.15, 0.2) is 0 Å². The normalized spacial score (nSPS) is 13.8. The van der Waals surface area contributed by atoms with Crippen molar-refractivity contribution in [2.75, 3.05) is 0 Å². The summed E-state index contributed by atoms with van der Waals surface area (Å²) in [6.07, 6.45) is 11.7. The van der Waals surface area contributed by atoms with E-state index in [2.05, 4.69) is 9.44 Å². The molecule has 2 aliphatic rings. The first-order chi connectivity index (χ1) is 7.73. The fourth-order valence-electron chi connectivity index (χ4n) is 0.516. The molecule has 0 atom stereocenters. The summed E-state index contributed by atoms with van der Waals surface area (Å²) in [6.45, 7) is 0. The van der Waals surface area contributed by atoms with E-state index in [0.29, 0.717) is 0 Å². The van der Waals surface area contributed by atoms with E-state index >= 15 is 0 Å². The monoisotopic (exact) mass is 315 g/mol. The first kappa shape index (κ1) is 18.9. The molecule has 4 N–H and O–H groups in total. The van der Waals surface area contributed by atoms with Crippen LogP contribution in [0.1, 0.15) is 0 Å². The molecule has 0 aromatic carbocycles. The van der Waals surface area contributed by atoms with E-state index in [1.807, 2.05) is 47.5 Å². The van der Waals surface area contributed by atoms with Crippen molar-refractivity contribution < 1.29 is 14.4 Å². The summed E-state index contributed by atoms with van der Waals surface area (Å²) in [7, 11) is -2.87. The quantitative estimate of drug-likeness (QED) is 0.404. The maximum Gasteiger partial charge on any atom is 0.692 e. The third-order valence-electron chi connectivity index (χ3n) is 0.980. The summed E-state index contributed by atoms with van der Waals surface area (Å²) in [4.78, 5) is 14.2. The molecule has 5 nitrogen and oxygen atoms in total. The average molecular weight is 316 g/mol. The van der Waals surface area contributed by atoms with Crippen molar-refractivity contribution in [1.82, 2.24) is 9.44 Å². The summed E-state index contributed by atoms with van der Waals surface area (Å²) in [5.41, 5.74) is 0. The second-order valence-electron chi connectivity index (χ2n) is 2.10. The van der Waals surface area contributed by atoms with Crippen LogP contribution in [0.3, 0.4) is 0 Å². The number of hydrogen-bond acceptors (Lipinski definition) is 5. The lowest BCUT2D eigenvalue weighted by Gasteiger charge is -1.93. The van der Waals surface area contributed by atoms with Gasteiger partial charge in [-0.15, -0.1) is 22.2 Å². The van der Waals surface area contributed by atoms with Crippen LogP contribution in [0.25, 0.3) is 0 Å². The molecule has 9 heteroatoms. The fourth-order valence-corrected chi connectivity index (χ4v) is 1.33. The molecule has 2 aliphatic heterocycles. The van der Waals surface area contributed by atoms with Crippen LogP contribution in [0.5, 0.6) is 0 Å². The van der Waals surface area contributed by atoms with Crippen LogP contribution in [0.15, 0.2) is 47.5 Å². The molecule has 2 heterocycles. The van der Waals surface area contributed by atoms with Crippen LogP contribution in [0, 0.1) is 0 Å². The molecular weight excluding hydrogens is 303 g/mol. The topological polar surface area (TPSA) is 81.6 Å². The van der Waals surface area contributed by atoms with Crippen molar-refractivity contribution in [2.45, 2.75) is 0 Å². The van der Waals surface area contributed by atoms with E-state index in [1.54, 1.807) is 23.9 Å². The Morgan fingerprint density at radius 1 is 0.882 bits per heavy atom. The van der Waals surface area contributed by atoms with Gasteiger partial charge in [0.05, 0.1) is 0 Å². The highest BCUT2D eigenvalue weighted by Gasteiger charge is 1.93. The van der Waals surface area contributed by atoms with Crippen LogP contribution in [-0.2, 0) is 4.57 Å². The lowest BCUT2D eigenvalue weighted by molar-refractivity contribution is 0.405. The van der Waals surface area contributed by atoms with Crippen molar-refractivity contribution in [3.8, 4) is 0 Å². The van der Waals surface area contributed by atoms with E-state index in [0.717, 1.165) is 0 Å². The molecule has 0 bridgehead atoms. The Bertz CT molecular complexity index is 259. The number of halogens is 1. The van der Waals surface area contributed by atoms with E-state index in [-0.39, 0.29) is 12.4 Å². The van der Waals surface area contributed by atoms with Crippen molar-refractivity contribution in [3.05, 3.63) is 47.5 Å². The van der Waals surface area contributed by atoms with Gasteiger partial charge in [-0.3, -0.25) is 0 Å². The maximum atomic E-state index is 8.70. The van der Waals surface area contributed by atoms with Gasteiger partial charge in [-0.25, -0.2) is 0 Å². The largest absolute Gasteiger partial charge is 0.692 e. The molecular formula is C8H13ClN2O3PS2+. The van der Waals surface area contributed by atoms with Crippen LogP contribution in [0.4, 0.5) is 0 Å². The number of hydrogen-bond donors (Lipinski definition) is 4. The Kier molecular flexibility index (Phi) is 17.3. The van der Waals surface area contributed by atoms with Gasteiger partial charge in [-0.2, -0.15) is 0 Å². The molecule has 17 heavy (non-hydrogen) atoms. The minimum atomic E-state index is -2.87. The van der Waals surface area contributed by atoms with Gasteiger partial charge in [0.1, 0.15) is 0 Å². The molecule has 0 saturated carbocycles. The zero-order valence-corrected chi connectivity index (χ0v) is 11.9. The third-order valence-corrected chi connectivity index (χ3v) is 2.11. The highest BCUT2D eigenvalue weighted by Crippen LogP contribution is 1.99. The molecule has 0 aromatic heterocycles. The lowest BCUT2D eigenvalue weighted by Crippen LogP contribution is -1.88. The Labute approximate surface area is 116 Å². The van der Waals surface area contributed by atoms with Crippen LogP contribution < -0.4 is 9.44 Å². The second-order valence-corrected chi connectivity index (χ2v) is 4.09. The molecule has 0 fully saturated rings. The zero-order chi connectivity index (χ0) is 12.1. The molecule has 0 amide bonds. The smallest absolute Gasteiger partial charge is 0.333 e. The number of nitrogens with one attached hydrogen (secondary N) is 2. The van der Waals surface area contributed by atoms with E-state index in [1.165, 1.54) is 0 Å². The van der Waals surface area contributed by atoms with Crippen molar-refractivity contribution >= 4 is 44.6 Å². The van der Waals surface area contributed by atoms with Crippen molar-refractivity contribution in [2.24, 2.45) is 0 Å². The Morgan fingerprint density at radius 2 is 1.24 bits per heavy atom. The molecule has 0 saturated heterocycles. The Hall–Kier alpha value is -0.430.